The van der Waals surface area contributed by atoms with E-state index in [0.29, 0.717) is 50.1 Å². The van der Waals surface area contributed by atoms with Crippen molar-refractivity contribution in [2.24, 2.45) is 5.92 Å². The summed E-state index contributed by atoms with van der Waals surface area (Å²) in [4.78, 5) is 5.92. The highest BCUT2D eigenvalue weighted by atomic mass is 19.4. The molecule has 0 bridgehead atoms. The zero-order valence-corrected chi connectivity index (χ0v) is 19.9. The van der Waals surface area contributed by atoms with Crippen LogP contribution in [0.15, 0.2) is 42.6 Å². The number of aromatic nitrogens is 3. The van der Waals surface area contributed by atoms with Crippen LogP contribution in [0.4, 0.5) is 27.8 Å². The molecule has 198 valence electrons. The number of hydrogen-bond donors (Lipinski definition) is 0. The van der Waals surface area contributed by atoms with Gasteiger partial charge < -0.3 is 19.1 Å². The molecule has 0 aliphatic carbocycles. The molecule has 7 nitrogen and oxygen atoms in total. The number of benzene rings is 1. The van der Waals surface area contributed by atoms with Gasteiger partial charge in [-0.05, 0) is 24.3 Å². The van der Waals surface area contributed by atoms with Gasteiger partial charge in [-0.3, -0.25) is 0 Å². The second kappa shape index (κ2) is 10.3. The summed E-state index contributed by atoms with van der Waals surface area (Å²) in [5.74, 6) is -0.569. The average molecular weight is 524 g/mol. The van der Waals surface area contributed by atoms with Gasteiger partial charge in [0.1, 0.15) is 23.6 Å². The molecule has 4 heterocycles. The van der Waals surface area contributed by atoms with E-state index in [4.69, 9.17) is 14.2 Å². The van der Waals surface area contributed by atoms with Crippen LogP contribution in [0, 0.1) is 17.6 Å². The van der Waals surface area contributed by atoms with Crippen molar-refractivity contribution in [2.45, 2.75) is 38.5 Å². The lowest BCUT2D eigenvalue weighted by Crippen LogP contribution is -2.45. The Morgan fingerprint density at radius 3 is 2.41 bits per heavy atom. The zero-order valence-electron chi connectivity index (χ0n) is 19.9. The van der Waals surface area contributed by atoms with Crippen LogP contribution in [0.5, 0.6) is 5.88 Å². The van der Waals surface area contributed by atoms with Crippen LogP contribution in [-0.4, -0.2) is 53.5 Å². The van der Waals surface area contributed by atoms with E-state index in [2.05, 4.69) is 10.1 Å². The zero-order chi connectivity index (χ0) is 26.2. The topological polar surface area (TPSA) is 61.6 Å². The Morgan fingerprint density at radius 1 is 1.05 bits per heavy atom. The third-order valence-corrected chi connectivity index (χ3v) is 6.41. The second-order valence-corrected chi connectivity index (χ2v) is 9.15. The van der Waals surface area contributed by atoms with Crippen molar-refractivity contribution in [1.29, 1.82) is 0 Å². The SMILES string of the molecule is CC1CN(c2ccc(C(F)(F)F)cn2)CCC1Oc1cc(-c2cc(F)cc(F)c2)nn1CC1OCCO1. The van der Waals surface area contributed by atoms with Crippen molar-refractivity contribution >= 4 is 5.82 Å². The molecule has 2 aromatic heterocycles. The number of hydrogen-bond acceptors (Lipinski definition) is 6. The van der Waals surface area contributed by atoms with Gasteiger partial charge in [0.15, 0.2) is 6.29 Å². The fraction of sp³-hybridized carbons (Fsp3) is 0.440. The largest absolute Gasteiger partial charge is 0.474 e. The van der Waals surface area contributed by atoms with E-state index in [1.807, 2.05) is 11.8 Å². The number of halogens is 5. The Balaban J connectivity index is 1.32. The molecule has 2 unspecified atom stereocenters. The predicted molar refractivity (Wildman–Crippen MR) is 123 cm³/mol. The first-order chi connectivity index (χ1) is 17.7. The third-order valence-electron chi connectivity index (χ3n) is 6.41. The lowest BCUT2D eigenvalue weighted by Gasteiger charge is -2.37. The van der Waals surface area contributed by atoms with Gasteiger partial charge >= 0.3 is 6.18 Å². The number of nitrogens with zero attached hydrogens (tertiary/aromatic N) is 4. The van der Waals surface area contributed by atoms with Gasteiger partial charge in [-0.1, -0.05) is 6.92 Å². The van der Waals surface area contributed by atoms with E-state index in [1.54, 1.807) is 10.7 Å². The molecule has 0 amide bonds. The van der Waals surface area contributed by atoms with Gasteiger partial charge in [-0.15, -0.1) is 0 Å². The number of alkyl halides is 3. The van der Waals surface area contributed by atoms with E-state index < -0.39 is 29.7 Å². The number of piperidine rings is 1. The van der Waals surface area contributed by atoms with Crippen LogP contribution in [-0.2, 0) is 22.2 Å². The Labute approximate surface area is 209 Å². The van der Waals surface area contributed by atoms with E-state index in [9.17, 15) is 22.0 Å². The second-order valence-electron chi connectivity index (χ2n) is 9.15. The van der Waals surface area contributed by atoms with Crippen molar-refractivity contribution in [1.82, 2.24) is 14.8 Å². The summed E-state index contributed by atoms with van der Waals surface area (Å²) in [7, 11) is 0. The van der Waals surface area contributed by atoms with Gasteiger partial charge in [-0.2, -0.15) is 18.3 Å². The van der Waals surface area contributed by atoms with E-state index in [1.165, 1.54) is 18.2 Å². The molecule has 3 aromatic rings. The molecular weight excluding hydrogens is 499 g/mol. The monoisotopic (exact) mass is 524 g/mol. The minimum Gasteiger partial charge on any atom is -0.474 e. The first-order valence-corrected chi connectivity index (χ1v) is 11.9. The minimum absolute atomic E-state index is 0.00441. The maximum Gasteiger partial charge on any atom is 0.417 e. The minimum atomic E-state index is -4.44. The maximum absolute atomic E-state index is 13.8. The normalized spacial score (nSPS) is 21.0. The molecule has 12 heteroatoms. The molecule has 2 atom stereocenters. The van der Waals surface area contributed by atoms with Gasteiger partial charge in [0.2, 0.25) is 5.88 Å². The third kappa shape index (κ3) is 5.85. The van der Waals surface area contributed by atoms with E-state index in [0.717, 1.165) is 18.3 Å². The van der Waals surface area contributed by atoms with Crippen molar-refractivity contribution in [3.05, 3.63) is 59.8 Å². The first-order valence-electron chi connectivity index (χ1n) is 11.9. The van der Waals surface area contributed by atoms with Gasteiger partial charge in [0, 0.05) is 49.3 Å². The molecule has 2 fully saturated rings. The number of anilines is 1. The van der Waals surface area contributed by atoms with E-state index in [-0.39, 0.29) is 24.1 Å². The van der Waals surface area contributed by atoms with Gasteiger partial charge in [0.05, 0.1) is 31.0 Å². The molecule has 0 radical (unpaired) electrons. The quantitative estimate of drug-likeness (QED) is 0.427. The summed E-state index contributed by atoms with van der Waals surface area (Å²) >= 11 is 0. The molecule has 2 saturated heterocycles. The molecule has 0 N–H and O–H groups in total. The lowest BCUT2D eigenvalue weighted by molar-refractivity contribution is -0.137. The predicted octanol–water partition coefficient (Wildman–Crippen LogP) is 4.91. The van der Waals surface area contributed by atoms with Crippen LogP contribution in [0.1, 0.15) is 18.9 Å². The molecule has 37 heavy (non-hydrogen) atoms. The summed E-state index contributed by atoms with van der Waals surface area (Å²) < 4.78 is 85.2. The number of rotatable bonds is 6. The summed E-state index contributed by atoms with van der Waals surface area (Å²) in [5, 5.41) is 4.49. The van der Waals surface area contributed by atoms with Crippen LogP contribution < -0.4 is 9.64 Å². The summed E-state index contributed by atoms with van der Waals surface area (Å²) in [5.41, 5.74) is -0.184. The highest BCUT2D eigenvalue weighted by Gasteiger charge is 2.33. The molecule has 5 rings (SSSR count). The summed E-state index contributed by atoms with van der Waals surface area (Å²) in [6.45, 7) is 4.17. The Bertz CT molecular complexity index is 1210. The average Bonchev–Trinajstić information content (AvgIpc) is 3.50. The fourth-order valence-corrected chi connectivity index (χ4v) is 4.53. The van der Waals surface area contributed by atoms with Crippen molar-refractivity contribution in [3.8, 4) is 17.1 Å². The maximum atomic E-state index is 13.8. The fourth-order valence-electron chi connectivity index (χ4n) is 4.53. The molecule has 2 aliphatic heterocycles. The van der Waals surface area contributed by atoms with Gasteiger partial charge in [0.25, 0.3) is 0 Å². The Morgan fingerprint density at radius 2 is 1.78 bits per heavy atom. The number of ether oxygens (including phenoxy) is 3. The van der Waals surface area contributed by atoms with Crippen molar-refractivity contribution in [2.75, 3.05) is 31.2 Å². The van der Waals surface area contributed by atoms with Crippen molar-refractivity contribution < 1.29 is 36.2 Å². The summed E-state index contributed by atoms with van der Waals surface area (Å²) in [6.07, 6.45) is -3.78. The Kier molecular flexibility index (Phi) is 7.04. The van der Waals surface area contributed by atoms with Crippen LogP contribution in [0.3, 0.4) is 0 Å². The standard InChI is InChI=1S/C25H25F5N4O3/c1-15-13-33(22-3-2-17(12-31-22)25(28,29)30)5-4-21(15)37-23-11-20(16-8-18(26)10-19(27)9-16)32-34(23)14-24-35-6-7-36-24/h2-3,8-12,15,21,24H,4-7,13-14H2,1H3. The van der Waals surface area contributed by atoms with E-state index >= 15 is 0 Å². The van der Waals surface area contributed by atoms with Crippen LogP contribution in [0.2, 0.25) is 0 Å². The molecular formula is C25H25F5N4O3. The molecule has 0 saturated carbocycles. The summed E-state index contributed by atoms with van der Waals surface area (Å²) in [6, 6.07) is 7.20. The van der Waals surface area contributed by atoms with Crippen LogP contribution in [0.25, 0.3) is 11.3 Å². The van der Waals surface area contributed by atoms with Crippen molar-refractivity contribution in [3.63, 3.8) is 0 Å². The number of pyridine rings is 1. The smallest absolute Gasteiger partial charge is 0.417 e. The molecule has 0 spiro atoms. The molecule has 2 aliphatic rings. The Hall–Kier alpha value is -3.25. The van der Waals surface area contributed by atoms with Gasteiger partial charge in [-0.25, -0.2) is 18.4 Å². The first kappa shape index (κ1) is 25.4. The highest BCUT2D eigenvalue weighted by molar-refractivity contribution is 5.60. The highest BCUT2D eigenvalue weighted by Crippen LogP contribution is 2.32. The molecule has 1 aromatic carbocycles. The lowest BCUT2D eigenvalue weighted by atomic mass is 9.96. The van der Waals surface area contributed by atoms with Crippen LogP contribution >= 0.6 is 0 Å².